The fourth-order valence-corrected chi connectivity index (χ4v) is 2.50. The maximum absolute atomic E-state index is 13.9. The molecule has 1 aliphatic carbocycles. The number of anilines is 1. The Morgan fingerprint density at radius 3 is 2.50 bits per heavy atom. The number of nitrogens with one attached hydrogen (secondary N) is 2. The zero-order chi connectivity index (χ0) is 16.5. The topological polar surface area (TPSA) is 50.4 Å². The van der Waals surface area contributed by atoms with Crippen molar-refractivity contribution in [2.75, 3.05) is 5.32 Å². The summed E-state index contributed by atoms with van der Waals surface area (Å²) in [5.74, 6) is -0.558. The van der Waals surface area contributed by atoms with Crippen LogP contribution in [0.3, 0.4) is 0 Å². The van der Waals surface area contributed by atoms with E-state index >= 15 is 0 Å². The largest absolute Gasteiger partial charge is 0.444 e. The van der Waals surface area contributed by atoms with Crippen molar-refractivity contribution in [3.05, 3.63) is 28.0 Å². The van der Waals surface area contributed by atoms with Gasteiger partial charge in [0, 0.05) is 12.1 Å². The van der Waals surface area contributed by atoms with Crippen LogP contribution < -0.4 is 10.6 Å². The molecule has 22 heavy (non-hydrogen) atoms. The van der Waals surface area contributed by atoms with Crippen molar-refractivity contribution in [2.45, 2.75) is 51.3 Å². The van der Waals surface area contributed by atoms with E-state index in [9.17, 15) is 9.18 Å². The first kappa shape index (κ1) is 17.2. The first-order valence-electron chi connectivity index (χ1n) is 7.05. The number of carbonyl (C=O) groups excluding carboxylic acids is 1. The van der Waals surface area contributed by atoms with Crippen LogP contribution in [0.25, 0.3) is 0 Å². The van der Waals surface area contributed by atoms with Crippen molar-refractivity contribution < 1.29 is 13.9 Å². The summed E-state index contributed by atoms with van der Waals surface area (Å²) in [6.45, 7) is 5.43. The van der Waals surface area contributed by atoms with E-state index in [1.165, 1.54) is 0 Å². The fraction of sp³-hybridized carbons (Fsp3) is 0.533. The Bertz CT molecular complexity index is 569. The Morgan fingerprint density at radius 1 is 1.27 bits per heavy atom. The van der Waals surface area contributed by atoms with E-state index in [1.54, 1.807) is 12.1 Å². The number of hydrogen-bond acceptors (Lipinski definition) is 3. The summed E-state index contributed by atoms with van der Waals surface area (Å²) in [5.41, 5.74) is -0.204. The molecule has 0 atom stereocenters. The van der Waals surface area contributed by atoms with Crippen LogP contribution in [0.1, 0.15) is 33.6 Å². The van der Waals surface area contributed by atoms with Gasteiger partial charge in [-0.1, -0.05) is 23.2 Å². The number of benzene rings is 1. The monoisotopic (exact) mass is 348 g/mol. The quantitative estimate of drug-likeness (QED) is 0.784. The zero-order valence-corrected chi connectivity index (χ0v) is 14.2. The molecular formula is C15H19Cl2FN2O2. The van der Waals surface area contributed by atoms with Gasteiger partial charge >= 0.3 is 6.09 Å². The second-order valence-corrected chi connectivity index (χ2v) is 7.16. The molecule has 0 heterocycles. The first-order valence-corrected chi connectivity index (χ1v) is 7.81. The summed E-state index contributed by atoms with van der Waals surface area (Å²) in [7, 11) is 0. The van der Waals surface area contributed by atoms with Gasteiger partial charge in [0.2, 0.25) is 0 Å². The lowest BCUT2D eigenvalue weighted by atomic mass is 9.86. The van der Waals surface area contributed by atoms with E-state index < -0.39 is 17.5 Å². The lowest BCUT2D eigenvalue weighted by Gasteiger charge is -2.37. The number of ether oxygens (including phenoxy) is 1. The van der Waals surface area contributed by atoms with Gasteiger partial charge in [-0.2, -0.15) is 0 Å². The lowest BCUT2D eigenvalue weighted by molar-refractivity contribution is 0.0475. The molecule has 122 valence electrons. The highest BCUT2D eigenvalue weighted by molar-refractivity contribution is 6.42. The normalized spacial score (nSPS) is 21.0. The van der Waals surface area contributed by atoms with Crippen molar-refractivity contribution >= 4 is 35.0 Å². The van der Waals surface area contributed by atoms with Crippen molar-refractivity contribution in [1.29, 1.82) is 0 Å². The molecule has 1 aliphatic rings. The minimum atomic E-state index is -0.558. The number of amides is 1. The highest BCUT2D eigenvalue weighted by Crippen LogP contribution is 2.32. The van der Waals surface area contributed by atoms with Gasteiger partial charge in [0.1, 0.15) is 5.60 Å². The molecule has 1 aromatic carbocycles. The Labute approximate surface area is 139 Å². The molecule has 4 nitrogen and oxygen atoms in total. The Kier molecular flexibility index (Phi) is 5.07. The van der Waals surface area contributed by atoms with Crippen LogP contribution in [0.2, 0.25) is 10.0 Å². The second kappa shape index (κ2) is 6.50. The van der Waals surface area contributed by atoms with Crippen LogP contribution >= 0.6 is 23.2 Å². The van der Waals surface area contributed by atoms with E-state index in [0.717, 1.165) is 0 Å². The smallest absolute Gasteiger partial charge is 0.407 e. The molecule has 0 aliphatic heterocycles. The minimum absolute atomic E-state index is 0.0261. The molecule has 2 rings (SSSR count). The molecule has 7 heteroatoms. The van der Waals surface area contributed by atoms with E-state index in [0.29, 0.717) is 18.5 Å². The van der Waals surface area contributed by atoms with Gasteiger partial charge in [0.05, 0.1) is 15.7 Å². The Balaban J connectivity index is 1.81. The van der Waals surface area contributed by atoms with Crippen molar-refractivity contribution in [3.8, 4) is 0 Å². The summed E-state index contributed by atoms with van der Waals surface area (Å²) in [5, 5.41) is 5.93. The van der Waals surface area contributed by atoms with Crippen molar-refractivity contribution in [3.63, 3.8) is 0 Å². The highest BCUT2D eigenvalue weighted by Gasteiger charge is 2.32. The Hall–Kier alpha value is -1.20. The third kappa shape index (κ3) is 4.40. The van der Waals surface area contributed by atoms with Gasteiger partial charge in [-0.15, -0.1) is 0 Å². The maximum atomic E-state index is 13.9. The number of carbonyl (C=O) groups is 1. The molecule has 2 N–H and O–H groups in total. The summed E-state index contributed by atoms with van der Waals surface area (Å²) < 4.78 is 19.1. The standard InChI is InChI=1S/C15H19Cl2FN2O2/c1-15(2,3)22-14(21)20-9-6-8(7-9)19-11-5-4-10(16)12(17)13(11)18/h4-5,8-9,19H,6-7H2,1-3H3,(H,20,21). The zero-order valence-electron chi connectivity index (χ0n) is 12.7. The summed E-state index contributed by atoms with van der Waals surface area (Å²) in [6.07, 6.45) is 0.953. The van der Waals surface area contributed by atoms with Crippen LogP contribution in [0.15, 0.2) is 12.1 Å². The summed E-state index contributed by atoms with van der Waals surface area (Å²) >= 11 is 11.5. The van der Waals surface area contributed by atoms with Crippen LogP contribution in [0.5, 0.6) is 0 Å². The van der Waals surface area contributed by atoms with E-state index in [4.69, 9.17) is 27.9 Å². The minimum Gasteiger partial charge on any atom is -0.444 e. The molecule has 0 bridgehead atoms. The molecule has 1 saturated carbocycles. The molecule has 1 amide bonds. The molecule has 0 spiro atoms. The third-order valence-corrected chi connectivity index (χ3v) is 4.03. The average Bonchev–Trinajstić information content (AvgIpc) is 2.34. The van der Waals surface area contributed by atoms with Crippen molar-refractivity contribution in [2.24, 2.45) is 0 Å². The predicted molar refractivity (Wildman–Crippen MR) is 86.2 cm³/mol. The molecule has 1 aromatic rings. The van der Waals surface area contributed by atoms with Gasteiger partial charge in [-0.05, 0) is 45.7 Å². The van der Waals surface area contributed by atoms with Gasteiger partial charge in [-0.25, -0.2) is 9.18 Å². The fourth-order valence-electron chi connectivity index (χ4n) is 2.19. The van der Waals surface area contributed by atoms with Gasteiger partial charge in [0.15, 0.2) is 5.82 Å². The van der Waals surface area contributed by atoms with Crippen LogP contribution in [-0.4, -0.2) is 23.8 Å². The molecule has 0 radical (unpaired) electrons. The lowest BCUT2D eigenvalue weighted by Crippen LogP contribution is -2.50. The van der Waals surface area contributed by atoms with E-state index in [-0.39, 0.29) is 22.1 Å². The van der Waals surface area contributed by atoms with Crippen molar-refractivity contribution in [1.82, 2.24) is 5.32 Å². The van der Waals surface area contributed by atoms with Gasteiger partial charge in [0.25, 0.3) is 0 Å². The number of rotatable bonds is 3. The molecule has 1 fully saturated rings. The van der Waals surface area contributed by atoms with Crippen LogP contribution in [0, 0.1) is 5.82 Å². The molecular weight excluding hydrogens is 330 g/mol. The van der Waals surface area contributed by atoms with E-state index in [2.05, 4.69) is 10.6 Å². The Morgan fingerprint density at radius 2 is 1.91 bits per heavy atom. The predicted octanol–water partition coefficient (Wildman–Crippen LogP) is 4.60. The number of hydrogen-bond donors (Lipinski definition) is 2. The summed E-state index contributed by atoms with van der Waals surface area (Å²) in [4.78, 5) is 11.6. The third-order valence-electron chi connectivity index (χ3n) is 3.25. The summed E-state index contributed by atoms with van der Waals surface area (Å²) in [6, 6.07) is 3.20. The van der Waals surface area contributed by atoms with E-state index in [1.807, 2.05) is 20.8 Å². The SMILES string of the molecule is CC(C)(C)OC(=O)NC1CC(Nc2ccc(Cl)c(Cl)c2F)C1. The average molecular weight is 349 g/mol. The number of halogens is 3. The molecule has 0 aromatic heterocycles. The first-order chi connectivity index (χ1) is 10.2. The number of alkyl carbamates (subject to hydrolysis) is 1. The molecule has 0 unspecified atom stereocenters. The van der Waals surface area contributed by atoms with Gasteiger partial charge < -0.3 is 15.4 Å². The van der Waals surface area contributed by atoms with Gasteiger partial charge in [-0.3, -0.25) is 0 Å². The highest BCUT2D eigenvalue weighted by atomic mass is 35.5. The second-order valence-electron chi connectivity index (χ2n) is 6.38. The molecule has 0 saturated heterocycles. The maximum Gasteiger partial charge on any atom is 0.407 e. The van der Waals surface area contributed by atoms with Crippen LogP contribution in [-0.2, 0) is 4.74 Å². The van der Waals surface area contributed by atoms with Crippen LogP contribution in [0.4, 0.5) is 14.9 Å².